The van der Waals surface area contributed by atoms with Crippen LogP contribution in [0.25, 0.3) is 0 Å². The van der Waals surface area contributed by atoms with Gasteiger partial charge in [-0.05, 0) is 38.1 Å². The zero-order chi connectivity index (χ0) is 18.6. The van der Waals surface area contributed by atoms with Crippen molar-refractivity contribution in [2.24, 2.45) is 0 Å². The Morgan fingerprint density at radius 1 is 0.923 bits per heavy atom. The van der Waals surface area contributed by atoms with E-state index in [2.05, 4.69) is 4.90 Å². The second-order valence-corrected chi connectivity index (χ2v) is 9.22. The van der Waals surface area contributed by atoms with Gasteiger partial charge >= 0.3 is 0 Å². The van der Waals surface area contributed by atoms with Crippen LogP contribution in [0.5, 0.6) is 0 Å². The molecule has 2 aliphatic heterocycles. The Kier molecular flexibility index (Phi) is 6.55. The molecular weight excluding hydrogens is 374 g/mol. The predicted octanol–water partition coefficient (Wildman–Crippen LogP) is 2.05. The smallest absolute Gasteiger partial charge is 0.244 e. The van der Waals surface area contributed by atoms with Gasteiger partial charge in [0, 0.05) is 26.2 Å². The van der Waals surface area contributed by atoms with Crippen LogP contribution >= 0.6 is 11.6 Å². The average Bonchev–Trinajstić information content (AvgIpc) is 2.90. The fourth-order valence-electron chi connectivity index (χ4n) is 3.56. The zero-order valence-corrected chi connectivity index (χ0v) is 16.5. The first-order chi connectivity index (χ1) is 12.5. The molecule has 0 bridgehead atoms. The fourth-order valence-corrected chi connectivity index (χ4v) is 5.47. The van der Waals surface area contributed by atoms with Crippen LogP contribution in [0.2, 0.25) is 5.02 Å². The van der Waals surface area contributed by atoms with E-state index in [0.717, 1.165) is 25.9 Å². The van der Waals surface area contributed by atoms with Gasteiger partial charge in [-0.25, -0.2) is 8.42 Å². The largest absolute Gasteiger partial charge is 0.339 e. The summed E-state index contributed by atoms with van der Waals surface area (Å²) in [5.41, 5.74) is 0. The van der Waals surface area contributed by atoms with E-state index in [1.165, 1.54) is 23.2 Å². The van der Waals surface area contributed by atoms with Crippen LogP contribution in [0.1, 0.15) is 25.7 Å². The highest BCUT2D eigenvalue weighted by molar-refractivity contribution is 7.89. The first-order valence-electron chi connectivity index (χ1n) is 9.23. The minimum atomic E-state index is -3.62. The lowest BCUT2D eigenvalue weighted by atomic mass is 10.2. The van der Waals surface area contributed by atoms with Gasteiger partial charge in [-0.2, -0.15) is 4.31 Å². The topological polar surface area (TPSA) is 60.9 Å². The van der Waals surface area contributed by atoms with Gasteiger partial charge in [0.2, 0.25) is 15.9 Å². The van der Waals surface area contributed by atoms with Crippen molar-refractivity contribution >= 4 is 27.5 Å². The van der Waals surface area contributed by atoms with E-state index in [4.69, 9.17) is 11.6 Å². The Morgan fingerprint density at radius 2 is 1.54 bits per heavy atom. The predicted molar refractivity (Wildman–Crippen MR) is 102 cm³/mol. The Bertz CT molecular complexity index is 725. The minimum absolute atomic E-state index is 0.0988. The third-order valence-electron chi connectivity index (χ3n) is 5.10. The molecule has 1 aromatic rings. The number of carbonyl (C=O) groups is 1. The Labute approximate surface area is 160 Å². The van der Waals surface area contributed by atoms with Gasteiger partial charge in [-0.15, -0.1) is 0 Å². The number of amides is 1. The first kappa shape index (κ1) is 19.6. The van der Waals surface area contributed by atoms with Crippen LogP contribution in [-0.2, 0) is 14.8 Å². The second kappa shape index (κ2) is 8.69. The molecule has 0 aromatic heterocycles. The van der Waals surface area contributed by atoms with E-state index in [1.54, 1.807) is 23.1 Å². The quantitative estimate of drug-likeness (QED) is 0.777. The zero-order valence-electron chi connectivity index (χ0n) is 14.9. The van der Waals surface area contributed by atoms with Crippen LogP contribution in [0.4, 0.5) is 0 Å². The SMILES string of the molecule is O=C(CN1CCCCCC1)N1CCN(S(=O)(=O)c2ccccc2Cl)CC1. The molecule has 0 radical (unpaired) electrons. The van der Waals surface area contributed by atoms with E-state index in [1.807, 2.05) is 0 Å². The number of likely N-dealkylation sites (tertiary alicyclic amines) is 1. The van der Waals surface area contributed by atoms with Crippen molar-refractivity contribution in [3.05, 3.63) is 29.3 Å². The van der Waals surface area contributed by atoms with Gasteiger partial charge in [0.1, 0.15) is 4.90 Å². The van der Waals surface area contributed by atoms with Gasteiger partial charge < -0.3 is 4.90 Å². The molecule has 0 spiro atoms. The number of hydrogen-bond donors (Lipinski definition) is 0. The molecule has 2 saturated heterocycles. The summed E-state index contributed by atoms with van der Waals surface area (Å²) in [7, 11) is -3.62. The van der Waals surface area contributed by atoms with Crippen molar-refractivity contribution in [3.8, 4) is 0 Å². The second-order valence-electron chi connectivity index (χ2n) is 6.91. The normalized spacial score (nSPS) is 20.7. The molecule has 2 fully saturated rings. The average molecular weight is 400 g/mol. The summed E-state index contributed by atoms with van der Waals surface area (Å²) in [5.74, 6) is 0.0988. The van der Waals surface area contributed by atoms with Gasteiger partial charge in [0.25, 0.3) is 0 Å². The van der Waals surface area contributed by atoms with Crippen LogP contribution < -0.4 is 0 Å². The number of nitrogens with zero attached hydrogens (tertiary/aromatic N) is 3. The molecular formula is C18H26ClN3O3S. The molecule has 8 heteroatoms. The Hall–Kier alpha value is -1.15. The van der Waals surface area contributed by atoms with Gasteiger partial charge in [-0.3, -0.25) is 9.69 Å². The van der Waals surface area contributed by atoms with Crippen molar-refractivity contribution < 1.29 is 13.2 Å². The number of piperazine rings is 1. The lowest BCUT2D eigenvalue weighted by Gasteiger charge is -2.35. The minimum Gasteiger partial charge on any atom is -0.339 e. The van der Waals surface area contributed by atoms with Crippen molar-refractivity contribution in [2.45, 2.75) is 30.6 Å². The summed E-state index contributed by atoms with van der Waals surface area (Å²) >= 11 is 6.05. The maximum atomic E-state index is 12.8. The molecule has 26 heavy (non-hydrogen) atoms. The summed E-state index contributed by atoms with van der Waals surface area (Å²) in [5, 5.41) is 0.229. The molecule has 1 amide bonds. The van der Waals surface area contributed by atoms with Crippen LogP contribution in [-0.4, -0.2) is 74.2 Å². The number of rotatable bonds is 4. The van der Waals surface area contributed by atoms with Crippen molar-refractivity contribution in [3.63, 3.8) is 0 Å². The standard InChI is InChI=1S/C18H26ClN3O3S/c19-16-7-3-4-8-17(16)26(24,25)22-13-11-21(12-14-22)18(23)15-20-9-5-1-2-6-10-20/h3-4,7-8H,1-2,5-6,9-15H2. The molecule has 2 heterocycles. The van der Waals surface area contributed by atoms with Crippen LogP contribution in [0.15, 0.2) is 29.2 Å². The highest BCUT2D eigenvalue weighted by Gasteiger charge is 2.31. The Balaban J connectivity index is 1.57. The molecule has 0 N–H and O–H groups in total. The van der Waals surface area contributed by atoms with E-state index < -0.39 is 10.0 Å². The molecule has 6 nitrogen and oxygen atoms in total. The highest BCUT2D eigenvalue weighted by Crippen LogP contribution is 2.25. The maximum absolute atomic E-state index is 12.8. The van der Waals surface area contributed by atoms with E-state index in [0.29, 0.717) is 32.7 Å². The van der Waals surface area contributed by atoms with Gasteiger partial charge in [-0.1, -0.05) is 36.6 Å². The van der Waals surface area contributed by atoms with Crippen molar-refractivity contribution in [1.29, 1.82) is 0 Å². The number of carbonyl (C=O) groups excluding carboxylic acids is 1. The highest BCUT2D eigenvalue weighted by atomic mass is 35.5. The molecule has 144 valence electrons. The summed E-state index contributed by atoms with van der Waals surface area (Å²) in [4.78, 5) is 16.7. The molecule has 3 rings (SSSR count). The summed E-state index contributed by atoms with van der Waals surface area (Å²) in [6.07, 6.45) is 4.78. The van der Waals surface area contributed by atoms with Gasteiger partial charge in [0.15, 0.2) is 0 Å². The third-order valence-corrected chi connectivity index (χ3v) is 7.50. The molecule has 0 atom stereocenters. The van der Waals surface area contributed by atoms with E-state index >= 15 is 0 Å². The molecule has 0 aliphatic carbocycles. The monoisotopic (exact) mass is 399 g/mol. The third kappa shape index (κ3) is 4.57. The van der Waals surface area contributed by atoms with Crippen molar-refractivity contribution in [1.82, 2.24) is 14.1 Å². The summed E-state index contributed by atoms with van der Waals surface area (Å²) in [6.45, 7) is 3.86. The number of hydrogen-bond acceptors (Lipinski definition) is 4. The van der Waals surface area contributed by atoms with Gasteiger partial charge in [0.05, 0.1) is 11.6 Å². The lowest BCUT2D eigenvalue weighted by molar-refractivity contribution is -0.133. The fraction of sp³-hybridized carbons (Fsp3) is 0.611. The van der Waals surface area contributed by atoms with Crippen LogP contribution in [0.3, 0.4) is 0 Å². The maximum Gasteiger partial charge on any atom is 0.244 e. The lowest BCUT2D eigenvalue weighted by Crippen LogP contribution is -2.52. The molecule has 0 saturated carbocycles. The van der Waals surface area contributed by atoms with Crippen LogP contribution in [0, 0.1) is 0 Å². The molecule has 1 aromatic carbocycles. The molecule has 2 aliphatic rings. The van der Waals surface area contributed by atoms with Crippen molar-refractivity contribution in [2.75, 3.05) is 45.8 Å². The first-order valence-corrected chi connectivity index (χ1v) is 11.0. The summed E-state index contributed by atoms with van der Waals surface area (Å²) < 4.78 is 27.0. The van der Waals surface area contributed by atoms with E-state index in [9.17, 15) is 13.2 Å². The number of benzene rings is 1. The van der Waals surface area contributed by atoms with E-state index in [-0.39, 0.29) is 15.8 Å². The molecule has 0 unspecified atom stereocenters. The Morgan fingerprint density at radius 3 is 2.15 bits per heavy atom. The summed E-state index contributed by atoms with van der Waals surface area (Å²) in [6, 6.07) is 6.48. The number of halogens is 1. The number of sulfonamides is 1.